The number of hydrogen-bond acceptors (Lipinski definition) is 1. The summed E-state index contributed by atoms with van der Waals surface area (Å²) in [5, 5.41) is 4.45. The number of hydrogen-bond donors (Lipinski definition) is 4. The van der Waals surface area contributed by atoms with Gasteiger partial charge >= 0.3 is 0 Å². The highest BCUT2D eigenvalue weighted by molar-refractivity contribution is 6.80. The predicted octanol–water partition coefficient (Wildman–Crippen LogP) is 7.95. The van der Waals surface area contributed by atoms with Gasteiger partial charge in [-0.25, -0.2) is 4.98 Å². The van der Waals surface area contributed by atoms with Crippen molar-refractivity contribution in [3.05, 3.63) is 111 Å². The van der Waals surface area contributed by atoms with Crippen LogP contribution in [0.25, 0.3) is 22.3 Å². The Morgan fingerprint density at radius 3 is 1.71 bits per heavy atom. The normalized spacial score (nSPS) is 14.0. The number of aromatic nitrogens is 6. The molecule has 6 heterocycles. The Morgan fingerprint density at radius 2 is 1.16 bits per heavy atom. The third kappa shape index (κ3) is 8.07. The van der Waals surface area contributed by atoms with Crippen molar-refractivity contribution in [1.29, 1.82) is 0 Å². The quantitative estimate of drug-likeness (QED) is 0.0500. The number of fused-ring (bicyclic) bond motifs is 8. The summed E-state index contributed by atoms with van der Waals surface area (Å²) < 4.78 is 2.11. The van der Waals surface area contributed by atoms with Crippen LogP contribution in [0.5, 0.6) is 0 Å². The van der Waals surface area contributed by atoms with Gasteiger partial charge in [0.05, 0.1) is 24.7 Å². The van der Waals surface area contributed by atoms with Gasteiger partial charge in [0.15, 0.2) is 0 Å². The Labute approximate surface area is 305 Å². The first-order valence-corrected chi connectivity index (χ1v) is 23.0. The molecular formula is C44H58N6Si. The fourth-order valence-corrected chi connectivity index (χ4v) is 9.42. The molecule has 1 aliphatic rings. The van der Waals surface area contributed by atoms with E-state index in [0.29, 0.717) is 0 Å². The van der Waals surface area contributed by atoms with Crippen molar-refractivity contribution < 1.29 is 0 Å². The summed E-state index contributed by atoms with van der Waals surface area (Å²) >= 11 is 0. The van der Waals surface area contributed by atoms with Gasteiger partial charge in [0.1, 0.15) is 5.82 Å². The molecule has 0 amide bonds. The molecule has 5 aromatic rings. The van der Waals surface area contributed by atoms with Crippen LogP contribution in [0.2, 0.25) is 25.2 Å². The van der Waals surface area contributed by atoms with Crippen molar-refractivity contribution in [1.82, 2.24) is 29.5 Å². The highest BCUT2D eigenvalue weighted by Crippen LogP contribution is 2.34. The lowest BCUT2D eigenvalue weighted by molar-refractivity contribution is 0.639. The molecule has 268 valence electrons. The van der Waals surface area contributed by atoms with Crippen LogP contribution < -0.4 is 21.4 Å². The molecule has 8 bridgehead atoms. The molecule has 0 saturated carbocycles. The van der Waals surface area contributed by atoms with Gasteiger partial charge < -0.3 is 24.5 Å². The lowest BCUT2D eigenvalue weighted by atomic mass is 10.0. The van der Waals surface area contributed by atoms with Crippen molar-refractivity contribution in [2.45, 2.75) is 116 Å². The number of imidazole rings is 1. The van der Waals surface area contributed by atoms with E-state index in [0.717, 1.165) is 81.3 Å². The van der Waals surface area contributed by atoms with Gasteiger partial charge in [0, 0.05) is 63.7 Å². The lowest BCUT2D eigenvalue weighted by Crippen LogP contribution is -2.32. The van der Waals surface area contributed by atoms with Crippen molar-refractivity contribution in [3.63, 3.8) is 0 Å². The first kappa shape index (κ1) is 36.4. The zero-order valence-corrected chi connectivity index (χ0v) is 32.8. The summed E-state index contributed by atoms with van der Waals surface area (Å²) in [4.78, 5) is 20.5. The second-order valence-corrected chi connectivity index (χ2v) is 20.9. The topological polar surface area (TPSA) is 81.0 Å². The smallest absolute Gasteiger partial charge is 0.143 e. The molecule has 1 atom stereocenters. The minimum absolute atomic E-state index is 0.0356. The van der Waals surface area contributed by atoms with Crippen LogP contribution in [0.4, 0.5) is 0 Å². The Morgan fingerprint density at radius 1 is 0.647 bits per heavy atom. The summed E-state index contributed by atoms with van der Waals surface area (Å²) in [7, 11) is 0.258. The van der Waals surface area contributed by atoms with Crippen LogP contribution in [-0.2, 0) is 7.05 Å². The SMILES string of the molecule is C#CC(C1=c2ccc([nH]2)=C(CCCCCCC)c2ccc([nH]2)C(c2nccn2C)=c2ccc([nH]2)=C(CCCCCCC)c2ccc1[nH]2)[Si](C)(C)C. The summed E-state index contributed by atoms with van der Waals surface area (Å²) in [5.74, 6) is 4.19. The van der Waals surface area contributed by atoms with Crippen LogP contribution in [0.3, 0.4) is 0 Å². The minimum atomic E-state index is -1.81. The minimum Gasteiger partial charge on any atom is -0.355 e. The van der Waals surface area contributed by atoms with Crippen LogP contribution in [0.1, 0.15) is 119 Å². The molecule has 0 fully saturated rings. The highest BCUT2D eigenvalue weighted by Gasteiger charge is 2.31. The van der Waals surface area contributed by atoms with E-state index >= 15 is 0 Å². The maximum absolute atomic E-state index is 6.43. The van der Waals surface area contributed by atoms with E-state index in [1.54, 1.807) is 0 Å². The molecule has 6 nitrogen and oxygen atoms in total. The van der Waals surface area contributed by atoms with Crippen LogP contribution in [0, 0.1) is 12.3 Å². The van der Waals surface area contributed by atoms with E-state index in [-0.39, 0.29) is 5.54 Å². The zero-order valence-electron chi connectivity index (χ0n) is 31.8. The van der Waals surface area contributed by atoms with Crippen LogP contribution >= 0.6 is 0 Å². The number of aryl methyl sites for hydroxylation is 1. The molecule has 0 spiro atoms. The second kappa shape index (κ2) is 16.3. The predicted molar refractivity (Wildman–Crippen MR) is 217 cm³/mol. The molecular weight excluding hydrogens is 641 g/mol. The standard InChI is InChI=1S/C44H58N6Si/c1-8-11-13-15-17-19-31-33-21-25-37(46-33)42(41(10-3)51(5,6)7)38-26-22-34(47-38)32(20-18-16-14-12-9-2)36-24-28-40(49-36)43(39-27-23-35(31)48-39)44-45-29-30-50(44)4/h3,21-30,41,46-49H,8-9,11-20H2,1-2,4-7H3. The van der Waals surface area contributed by atoms with Gasteiger partial charge in [-0.3, -0.25) is 0 Å². The Balaban J connectivity index is 1.64. The number of unbranched alkanes of at least 4 members (excludes halogenated alkanes) is 8. The Hall–Kier alpha value is -4.41. The number of H-pyrrole nitrogens is 4. The van der Waals surface area contributed by atoms with Gasteiger partial charge in [0.2, 0.25) is 0 Å². The van der Waals surface area contributed by atoms with Gasteiger partial charge in [0.25, 0.3) is 0 Å². The van der Waals surface area contributed by atoms with Gasteiger partial charge in [-0.05, 0) is 85.4 Å². The maximum atomic E-state index is 6.43. The molecule has 7 heteroatoms. The van der Waals surface area contributed by atoms with Crippen LogP contribution in [0.15, 0.2) is 60.9 Å². The zero-order chi connectivity index (χ0) is 36.0. The molecule has 0 aromatic carbocycles. The van der Waals surface area contributed by atoms with Crippen LogP contribution in [-0.4, -0.2) is 37.6 Å². The highest BCUT2D eigenvalue weighted by atomic mass is 28.3. The number of nitrogens with one attached hydrogen (secondary N) is 4. The van der Waals surface area contributed by atoms with Gasteiger partial charge in [-0.15, -0.1) is 12.3 Å². The summed E-state index contributed by atoms with van der Waals surface area (Å²) in [6.07, 6.45) is 24.6. The average molecular weight is 699 g/mol. The van der Waals surface area contributed by atoms with E-state index in [1.807, 2.05) is 12.4 Å². The van der Waals surface area contributed by atoms with E-state index < -0.39 is 8.07 Å². The second-order valence-electron chi connectivity index (χ2n) is 15.5. The third-order valence-electron chi connectivity index (χ3n) is 10.6. The summed E-state index contributed by atoms with van der Waals surface area (Å²) in [6, 6.07) is 18.0. The molecule has 1 aliphatic heterocycles. The van der Waals surface area contributed by atoms with Crippen molar-refractivity contribution in [3.8, 4) is 12.3 Å². The van der Waals surface area contributed by atoms with Gasteiger partial charge in [-0.2, -0.15) is 0 Å². The number of rotatable bonds is 15. The lowest BCUT2D eigenvalue weighted by Gasteiger charge is -2.26. The summed E-state index contributed by atoms with van der Waals surface area (Å²) in [6.45, 7) is 11.7. The fourth-order valence-electron chi connectivity index (χ4n) is 7.74. The van der Waals surface area contributed by atoms with E-state index in [4.69, 9.17) is 11.4 Å². The molecule has 1 unspecified atom stereocenters. The first-order valence-electron chi connectivity index (χ1n) is 19.4. The molecule has 0 saturated heterocycles. The summed E-state index contributed by atoms with van der Waals surface area (Å²) in [5.41, 5.74) is 9.36. The fraction of sp³-hybridized carbons (Fsp3) is 0.432. The van der Waals surface area contributed by atoms with E-state index in [2.05, 4.69) is 119 Å². The molecule has 51 heavy (non-hydrogen) atoms. The maximum Gasteiger partial charge on any atom is 0.143 e. The number of aromatic amines is 4. The van der Waals surface area contributed by atoms with Crippen molar-refractivity contribution in [2.24, 2.45) is 7.05 Å². The Kier molecular flexibility index (Phi) is 11.6. The monoisotopic (exact) mass is 698 g/mol. The molecule has 0 radical (unpaired) electrons. The van der Waals surface area contributed by atoms with Crippen molar-refractivity contribution in [2.75, 3.05) is 0 Å². The molecule has 5 aromatic heterocycles. The van der Waals surface area contributed by atoms with E-state index in [1.165, 1.54) is 68.1 Å². The van der Waals surface area contributed by atoms with Crippen molar-refractivity contribution >= 4 is 30.4 Å². The third-order valence-corrected chi connectivity index (χ3v) is 12.8. The average Bonchev–Trinajstić information content (AvgIpc) is 3.95. The number of terminal acetylenes is 1. The molecule has 4 N–H and O–H groups in total. The molecule has 0 aliphatic carbocycles. The van der Waals surface area contributed by atoms with Gasteiger partial charge in [-0.1, -0.05) is 84.9 Å². The van der Waals surface area contributed by atoms with E-state index in [9.17, 15) is 0 Å². The molecule has 6 rings (SSSR count). The first-order chi connectivity index (χ1) is 24.7. The number of nitrogens with zero attached hydrogens (tertiary/aromatic N) is 2. The Bertz CT molecular complexity index is 2220. The largest absolute Gasteiger partial charge is 0.355 e.